The van der Waals surface area contributed by atoms with E-state index in [0.29, 0.717) is 18.9 Å². The van der Waals surface area contributed by atoms with Crippen LogP contribution in [0.4, 0.5) is 0 Å². The van der Waals surface area contributed by atoms with E-state index in [0.717, 1.165) is 19.5 Å². The van der Waals surface area contributed by atoms with Crippen molar-refractivity contribution in [2.45, 2.75) is 32.9 Å². The first-order chi connectivity index (χ1) is 8.24. The number of carbonyl (C=O) groups is 1. The molecule has 2 N–H and O–H groups in total. The Bertz CT molecular complexity index is 374. The van der Waals surface area contributed by atoms with E-state index in [1.54, 1.807) is 0 Å². The maximum absolute atomic E-state index is 12.1. The van der Waals surface area contributed by atoms with Gasteiger partial charge in [-0.1, -0.05) is 37.6 Å². The molecule has 1 unspecified atom stereocenters. The quantitative estimate of drug-likeness (QED) is 0.862. The molecule has 0 saturated heterocycles. The summed E-state index contributed by atoms with van der Waals surface area (Å²) in [4.78, 5) is 14.0. The Morgan fingerprint density at radius 1 is 1.35 bits per heavy atom. The topological polar surface area (TPSA) is 46.3 Å². The van der Waals surface area contributed by atoms with Gasteiger partial charge in [0.15, 0.2) is 0 Å². The van der Waals surface area contributed by atoms with E-state index in [4.69, 9.17) is 5.73 Å². The number of carbonyl (C=O) groups excluding carboxylic acids is 1. The van der Waals surface area contributed by atoms with Crippen LogP contribution in [0.2, 0.25) is 0 Å². The second-order valence-electron chi connectivity index (χ2n) is 4.73. The molecular weight excluding hydrogens is 212 g/mol. The maximum Gasteiger partial charge on any atom is 0.223 e. The van der Waals surface area contributed by atoms with E-state index in [1.165, 1.54) is 11.1 Å². The van der Waals surface area contributed by atoms with E-state index in [-0.39, 0.29) is 5.91 Å². The van der Waals surface area contributed by atoms with Crippen molar-refractivity contribution in [2.24, 2.45) is 11.7 Å². The van der Waals surface area contributed by atoms with Gasteiger partial charge in [0.2, 0.25) is 5.91 Å². The van der Waals surface area contributed by atoms with E-state index in [2.05, 4.69) is 19.1 Å². The van der Waals surface area contributed by atoms with Crippen LogP contribution in [0.15, 0.2) is 24.3 Å². The highest BCUT2D eigenvalue weighted by atomic mass is 16.2. The van der Waals surface area contributed by atoms with Crippen molar-refractivity contribution in [1.29, 1.82) is 0 Å². The molecule has 0 spiro atoms. The van der Waals surface area contributed by atoms with Gasteiger partial charge in [0.25, 0.3) is 0 Å². The fourth-order valence-corrected chi connectivity index (χ4v) is 2.28. The predicted octanol–water partition coefficient (Wildman–Crippen LogP) is 1.90. The molecule has 0 aromatic heterocycles. The molecule has 1 amide bonds. The number of nitrogens with zero attached hydrogens (tertiary/aromatic N) is 1. The van der Waals surface area contributed by atoms with Crippen LogP contribution in [0.25, 0.3) is 0 Å². The molecule has 17 heavy (non-hydrogen) atoms. The standard InChI is InChI=1S/C14H20N2O/c1-2-11(8-15)7-14(17)16-9-12-5-3-4-6-13(12)10-16/h3-6,11H,2,7-10,15H2,1H3. The fraction of sp³-hybridized carbons (Fsp3) is 0.500. The van der Waals surface area contributed by atoms with Gasteiger partial charge in [-0.25, -0.2) is 0 Å². The molecule has 2 rings (SSSR count). The average molecular weight is 232 g/mol. The zero-order chi connectivity index (χ0) is 12.3. The first-order valence-corrected chi connectivity index (χ1v) is 6.29. The van der Waals surface area contributed by atoms with E-state index >= 15 is 0 Å². The van der Waals surface area contributed by atoms with Crippen molar-refractivity contribution < 1.29 is 4.79 Å². The maximum atomic E-state index is 12.1. The number of fused-ring (bicyclic) bond motifs is 1. The van der Waals surface area contributed by atoms with Crippen molar-refractivity contribution >= 4 is 5.91 Å². The van der Waals surface area contributed by atoms with E-state index in [1.807, 2.05) is 17.0 Å². The first kappa shape index (κ1) is 12.1. The van der Waals surface area contributed by atoms with Gasteiger partial charge in [-0.15, -0.1) is 0 Å². The summed E-state index contributed by atoms with van der Waals surface area (Å²) in [6.45, 7) is 4.21. The Hall–Kier alpha value is -1.35. The van der Waals surface area contributed by atoms with Crippen molar-refractivity contribution in [2.75, 3.05) is 6.54 Å². The van der Waals surface area contributed by atoms with Gasteiger partial charge < -0.3 is 10.6 Å². The molecule has 1 aliphatic rings. The number of rotatable bonds is 4. The first-order valence-electron chi connectivity index (χ1n) is 6.29. The lowest BCUT2D eigenvalue weighted by Gasteiger charge is -2.19. The summed E-state index contributed by atoms with van der Waals surface area (Å²) in [5.41, 5.74) is 8.20. The molecule has 1 atom stereocenters. The zero-order valence-electron chi connectivity index (χ0n) is 10.4. The minimum Gasteiger partial charge on any atom is -0.334 e. The van der Waals surface area contributed by atoms with Crippen molar-refractivity contribution in [3.05, 3.63) is 35.4 Å². The van der Waals surface area contributed by atoms with Gasteiger partial charge in [0.05, 0.1) is 0 Å². The lowest BCUT2D eigenvalue weighted by atomic mass is 10.0. The Kier molecular flexibility index (Phi) is 3.79. The average Bonchev–Trinajstić information content (AvgIpc) is 2.79. The number of amides is 1. The minimum atomic E-state index is 0.235. The summed E-state index contributed by atoms with van der Waals surface area (Å²) >= 11 is 0. The monoisotopic (exact) mass is 232 g/mol. The third kappa shape index (κ3) is 2.67. The SMILES string of the molecule is CCC(CN)CC(=O)N1Cc2ccccc2C1. The van der Waals surface area contributed by atoms with Crippen LogP contribution in [0, 0.1) is 5.92 Å². The van der Waals surface area contributed by atoms with Crippen LogP contribution in [0.5, 0.6) is 0 Å². The largest absolute Gasteiger partial charge is 0.334 e. The Morgan fingerprint density at radius 2 is 1.94 bits per heavy atom. The number of hydrogen-bond acceptors (Lipinski definition) is 2. The van der Waals surface area contributed by atoms with Gasteiger partial charge in [0.1, 0.15) is 0 Å². The molecular formula is C14H20N2O. The number of nitrogens with two attached hydrogens (primary N) is 1. The summed E-state index contributed by atoms with van der Waals surface area (Å²) in [5, 5.41) is 0. The molecule has 3 nitrogen and oxygen atoms in total. The van der Waals surface area contributed by atoms with Crippen LogP contribution < -0.4 is 5.73 Å². The number of hydrogen-bond donors (Lipinski definition) is 1. The molecule has 0 aliphatic carbocycles. The Morgan fingerprint density at radius 3 is 2.41 bits per heavy atom. The smallest absolute Gasteiger partial charge is 0.223 e. The normalized spacial score (nSPS) is 15.8. The summed E-state index contributed by atoms with van der Waals surface area (Å²) in [6.07, 6.45) is 1.56. The molecule has 1 aliphatic heterocycles. The van der Waals surface area contributed by atoms with Crippen LogP contribution in [-0.2, 0) is 17.9 Å². The second kappa shape index (κ2) is 5.32. The highest BCUT2D eigenvalue weighted by Crippen LogP contribution is 2.23. The van der Waals surface area contributed by atoms with Crippen molar-refractivity contribution in [3.8, 4) is 0 Å². The number of benzene rings is 1. The van der Waals surface area contributed by atoms with Gasteiger partial charge in [0, 0.05) is 19.5 Å². The third-order valence-corrected chi connectivity index (χ3v) is 3.57. The molecule has 1 aromatic rings. The molecule has 0 saturated carbocycles. The van der Waals surface area contributed by atoms with Gasteiger partial charge in [-0.05, 0) is 23.6 Å². The molecule has 0 radical (unpaired) electrons. The van der Waals surface area contributed by atoms with Crippen LogP contribution in [-0.4, -0.2) is 17.4 Å². The molecule has 1 aromatic carbocycles. The van der Waals surface area contributed by atoms with Crippen molar-refractivity contribution in [1.82, 2.24) is 4.90 Å². The van der Waals surface area contributed by atoms with E-state index < -0.39 is 0 Å². The van der Waals surface area contributed by atoms with Crippen molar-refractivity contribution in [3.63, 3.8) is 0 Å². The fourth-order valence-electron chi connectivity index (χ4n) is 2.28. The van der Waals surface area contributed by atoms with Gasteiger partial charge in [-0.3, -0.25) is 4.79 Å². The zero-order valence-corrected chi connectivity index (χ0v) is 10.4. The highest BCUT2D eigenvalue weighted by Gasteiger charge is 2.24. The van der Waals surface area contributed by atoms with Gasteiger partial charge >= 0.3 is 0 Å². The third-order valence-electron chi connectivity index (χ3n) is 3.57. The van der Waals surface area contributed by atoms with Gasteiger partial charge in [-0.2, -0.15) is 0 Å². The van der Waals surface area contributed by atoms with Crippen LogP contribution in [0.1, 0.15) is 30.9 Å². The predicted molar refractivity (Wildman–Crippen MR) is 68.1 cm³/mol. The minimum absolute atomic E-state index is 0.235. The molecule has 92 valence electrons. The summed E-state index contributed by atoms with van der Waals surface area (Å²) in [6, 6.07) is 8.26. The second-order valence-corrected chi connectivity index (χ2v) is 4.73. The summed E-state index contributed by atoms with van der Waals surface area (Å²) in [7, 11) is 0. The molecule has 3 heteroatoms. The summed E-state index contributed by atoms with van der Waals surface area (Å²) in [5.74, 6) is 0.560. The molecule has 0 bridgehead atoms. The lowest BCUT2D eigenvalue weighted by Crippen LogP contribution is -2.29. The Balaban J connectivity index is 1.96. The molecule has 1 heterocycles. The molecule has 0 fully saturated rings. The Labute approximate surface area is 103 Å². The van der Waals surface area contributed by atoms with E-state index in [9.17, 15) is 4.79 Å². The van der Waals surface area contributed by atoms with Crippen LogP contribution in [0.3, 0.4) is 0 Å². The lowest BCUT2D eigenvalue weighted by molar-refractivity contribution is -0.132. The highest BCUT2D eigenvalue weighted by molar-refractivity contribution is 5.77. The van der Waals surface area contributed by atoms with Crippen LogP contribution >= 0.6 is 0 Å². The summed E-state index contributed by atoms with van der Waals surface area (Å²) < 4.78 is 0.